The molecule has 2 aromatic carbocycles. The first-order valence-electron chi connectivity index (χ1n) is 14.0. The number of Topliss-reactive ketones (excluding diaryl/α,β-unsaturated/α-hetero) is 1. The maximum atomic E-state index is 13.8. The number of hydrogen-bond acceptors (Lipinski definition) is 4. The Labute approximate surface area is 243 Å². The van der Waals surface area contributed by atoms with Crippen LogP contribution in [0.3, 0.4) is 0 Å². The molecule has 0 saturated carbocycles. The number of ketones is 1. The molecular formula is C33H45BrN2O3. The van der Waals surface area contributed by atoms with Gasteiger partial charge in [0.25, 0.3) is 0 Å². The van der Waals surface area contributed by atoms with Gasteiger partial charge in [-0.2, -0.15) is 4.02 Å². The molecule has 5 nitrogen and oxygen atoms in total. The molecule has 1 atom stereocenters. The van der Waals surface area contributed by atoms with E-state index in [9.17, 15) is 9.90 Å². The van der Waals surface area contributed by atoms with Gasteiger partial charge in [0.05, 0.1) is 28.8 Å². The van der Waals surface area contributed by atoms with Crippen molar-refractivity contribution in [1.82, 2.24) is 4.90 Å². The van der Waals surface area contributed by atoms with E-state index in [0.29, 0.717) is 5.56 Å². The summed E-state index contributed by atoms with van der Waals surface area (Å²) in [5, 5.41) is 11.1. The zero-order chi connectivity index (χ0) is 29.1. The SMILES string of the molecule is CCCC1CN(CC(=O)c2cc(C(C)(C)C)c(O)c(C(C)(C)C)c2)C(=N\Br)/C1=C/c1cccc(OC(C)C)c1. The maximum absolute atomic E-state index is 13.8. The van der Waals surface area contributed by atoms with E-state index in [1.165, 1.54) is 0 Å². The van der Waals surface area contributed by atoms with Crippen LogP contribution in [0.15, 0.2) is 46.0 Å². The fourth-order valence-corrected chi connectivity index (χ4v) is 5.60. The molecule has 0 bridgehead atoms. The second-order valence-corrected chi connectivity index (χ2v) is 13.3. The number of halogens is 1. The number of amidine groups is 1. The summed E-state index contributed by atoms with van der Waals surface area (Å²) in [5.74, 6) is 2.20. The van der Waals surface area contributed by atoms with Gasteiger partial charge in [-0.3, -0.25) is 4.79 Å². The van der Waals surface area contributed by atoms with Crippen LogP contribution in [0.4, 0.5) is 0 Å². The van der Waals surface area contributed by atoms with Gasteiger partial charge >= 0.3 is 0 Å². The first kappa shape index (κ1) is 30.9. The lowest BCUT2D eigenvalue weighted by molar-refractivity contribution is 0.0963. The number of aromatic hydroxyl groups is 1. The molecule has 39 heavy (non-hydrogen) atoms. The molecule has 1 heterocycles. The van der Waals surface area contributed by atoms with Gasteiger partial charge in [0, 0.05) is 34.7 Å². The van der Waals surface area contributed by atoms with Crippen molar-refractivity contribution in [2.45, 2.75) is 92.1 Å². The van der Waals surface area contributed by atoms with E-state index >= 15 is 0 Å². The molecule has 1 unspecified atom stereocenters. The number of likely N-dealkylation sites (tertiary alicyclic amines) is 1. The molecule has 1 aliphatic heterocycles. The van der Waals surface area contributed by atoms with Gasteiger partial charge in [-0.15, -0.1) is 0 Å². The van der Waals surface area contributed by atoms with Gasteiger partial charge in [-0.25, -0.2) is 0 Å². The van der Waals surface area contributed by atoms with Crippen LogP contribution in [0, 0.1) is 5.92 Å². The Morgan fingerprint density at radius 3 is 2.26 bits per heavy atom. The van der Waals surface area contributed by atoms with Gasteiger partial charge in [0.2, 0.25) is 0 Å². The van der Waals surface area contributed by atoms with Crippen molar-refractivity contribution in [3.63, 3.8) is 0 Å². The van der Waals surface area contributed by atoms with Crippen molar-refractivity contribution in [2.24, 2.45) is 9.94 Å². The third kappa shape index (κ3) is 7.53. The van der Waals surface area contributed by atoms with E-state index in [0.717, 1.165) is 53.2 Å². The lowest BCUT2D eigenvalue weighted by atomic mass is 9.78. The van der Waals surface area contributed by atoms with Crippen LogP contribution in [0.25, 0.3) is 6.08 Å². The first-order chi connectivity index (χ1) is 18.1. The number of ether oxygens (including phenoxy) is 1. The van der Waals surface area contributed by atoms with E-state index in [4.69, 9.17) is 4.74 Å². The van der Waals surface area contributed by atoms with Gasteiger partial charge in [-0.05, 0) is 67.0 Å². The molecule has 6 heteroatoms. The normalized spacial score (nSPS) is 18.4. The molecule has 2 aromatic rings. The standard InChI is InChI=1S/C33H45BrN2O3/c1-10-12-23-19-36(31(35-34)26(23)16-22-13-11-14-25(15-22)39-21(2)3)20-29(37)24-17-27(32(4,5)6)30(38)28(18-24)33(7,8)9/h11,13-18,21,23,38H,10,12,19-20H2,1-9H3/b26-16+,35-31-. The Balaban J connectivity index is 1.97. The number of carbonyl (C=O) groups excluding carboxylic acids is 1. The third-order valence-corrected chi connectivity index (χ3v) is 7.43. The highest BCUT2D eigenvalue weighted by Gasteiger charge is 2.35. The smallest absolute Gasteiger partial charge is 0.182 e. The van der Waals surface area contributed by atoms with Gasteiger partial charge < -0.3 is 14.7 Å². The van der Waals surface area contributed by atoms with Crippen LogP contribution in [-0.2, 0) is 10.8 Å². The Morgan fingerprint density at radius 1 is 1.13 bits per heavy atom. The van der Waals surface area contributed by atoms with Crippen LogP contribution in [0.2, 0.25) is 0 Å². The number of phenolic OH excluding ortho intramolecular Hbond substituents is 1. The van der Waals surface area contributed by atoms with E-state index < -0.39 is 0 Å². The summed E-state index contributed by atoms with van der Waals surface area (Å²) in [7, 11) is 0. The van der Waals surface area contributed by atoms with E-state index in [2.05, 4.69) is 85.7 Å². The fraction of sp³-hybridized carbons (Fsp3) is 0.515. The molecule has 212 valence electrons. The summed E-state index contributed by atoms with van der Waals surface area (Å²) in [5.41, 5.74) is 3.79. The molecule has 0 aromatic heterocycles. The highest BCUT2D eigenvalue weighted by atomic mass is 79.9. The van der Waals surface area contributed by atoms with Gasteiger partial charge in [-0.1, -0.05) is 67.0 Å². The Kier molecular flexibility index (Phi) is 9.74. The van der Waals surface area contributed by atoms with Crippen molar-refractivity contribution in [1.29, 1.82) is 0 Å². The maximum Gasteiger partial charge on any atom is 0.182 e. The summed E-state index contributed by atoms with van der Waals surface area (Å²) < 4.78 is 10.4. The highest BCUT2D eigenvalue weighted by Crippen LogP contribution is 2.40. The van der Waals surface area contributed by atoms with Crippen LogP contribution in [0.5, 0.6) is 11.5 Å². The monoisotopic (exact) mass is 596 g/mol. The molecule has 0 radical (unpaired) electrons. The van der Waals surface area contributed by atoms with Crippen LogP contribution >= 0.6 is 16.1 Å². The summed E-state index contributed by atoms with van der Waals surface area (Å²) >= 11 is 3.36. The van der Waals surface area contributed by atoms with Gasteiger partial charge in [0.1, 0.15) is 17.3 Å². The second kappa shape index (κ2) is 12.3. The summed E-state index contributed by atoms with van der Waals surface area (Å²) in [6.07, 6.45) is 4.32. The zero-order valence-electron chi connectivity index (χ0n) is 25.1. The minimum atomic E-state index is -0.299. The Bertz CT molecular complexity index is 1210. The lowest BCUT2D eigenvalue weighted by Gasteiger charge is -2.28. The molecule has 3 rings (SSSR count). The minimum absolute atomic E-state index is 0.0171. The summed E-state index contributed by atoms with van der Waals surface area (Å²) in [4.78, 5) is 15.9. The van der Waals surface area contributed by atoms with E-state index in [1.54, 1.807) is 0 Å². The van der Waals surface area contributed by atoms with Crippen LogP contribution in [0.1, 0.15) is 102 Å². The predicted molar refractivity (Wildman–Crippen MR) is 166 cm³/mol. The van der Waals surface area contributed by atoms with Crippen molar-refractivity contribution >= 4 is 33.8 Å². The molecule has 1 N–H and O–H groups in total. The molecule has 0 amide bonds. The van der Waals surface area contributed by atoms with Crippen LogP contribution < -0.4 is 4.74 Å². The number of carbonyl (C=O) groups is 1. The number of rotatable bonds is 8. The van der Waals surface area contributed by atoms with E-state index in [-0.39, 0.29) is 40.9 Å². The van der Waals surface area contributed by atoms with Crippen molar-refractivity contribution in [2.75, 3.05) is 13.1 Å². The third-order valence-electron chi connectivity index (χ3n) is 7.09. The van der Waals surface area contributed by atoms with Crippen molar-refractivity contribution < 1.29 is 14.6 Å². The average molecular weight is 598 g/mol. The molecule has 1 fully saturated rings. The molecule has 0 aliphatic carbocycles. The van der Waals surface area contributed by atoms with Gasteiger partial charge in [0.15, 0.2) is 5.78 Å². The fourth-order valence-electron chi connectivity index (χ4n) is 5.17. The summed E-state index contributed by atoms with van der Waals surface area (Å²) in [6, 6.07) is 11.8. The Hall–Kier alpha value is -2.60. The number of phenols is 1. The highest BCUT2D eigenvalue weighted by molar-refractivity contribution is 9.08. The molecule has 1 aliphatic rings. The van der Waals surface area contributed by atoms with Crippen molar-refractivity contribution in [3.8, 4) is 11.5 Å². The Morgan fingerprint density at radius 2 is 1.74 bits per heavy atom. The molecule has 1 saturated heterocycles. The predicted octanol–water partition coefficient (Wildman–Crippen LogP) is 8.48. The number of hydrogen-bond donors (Lipinski definition) is 1. The van der Waals surface area contributed by atoms with E-state index in [1.807, 2.05) is 44.2 Å². The second-order valence-electron chi connectivity index (χ2n) is 13.0. The number of benzene rings is 2. The van der Waals surface area contributed by atoms with Crippen LogP contribution in [-0.4, -0.2) is 40.8 Å². The minimum Gasteiger partial charge on any atom is -0.507 e. The van der Waals surface area contributed by atoms with Crippen molar-refractivity contribution in [3.05, 3.63) is 64.2 Å². The molecular weight excluding hydrogens is 552 g/mol. The average Bonchev–Trinajstić information content (AvgIpc) is 3.13. The summed E-state index contributed by atoms with van der Waals surface area (Å²) in [6.45, 7) is 19.5. The lowest BCUT2D eigenvalue weighted by Crippen LogP contribution is -2.32. The first-order valence-corrected chi connectivity index (χ1v) is 14.7. The number of nitrogens with zero attached hydrogens (tertiary/aromatic N) is 2. The largest absolute Gasteiger partial charge is 0.507 e. The quantitative estimate of drug-likeness (QED) is 0.310. The molecule has 0 spiro atoms. The zero-order valence-corrected chi connectivity index (χ0v) is 26.6. The topological polar surface area (TPSA) is 62.1 Å².